The van der Waals surface area contributed by atoms with E-state index in [4.69, 9.17) is 9.47 Å². The van der Waals surface area contributed by atoms with Gasteiger partial charge in [-0.15, -0.1) is 0 Å². The molecule has 0 radical (unpaired) electrons. The van der Waals surface area contributed by atoms with E-state index in [-0.39, 0.29) is 18.0 Å². The highest BCUT2D eigenvalue weighted by Crippen LogP contribution is 2.34. The Hall–Kier alpha value is -3.00. The number of nitrogens with one attached hydrogen (secondary N) is 1. The minimum absolute atomic E-state index is 0.0479. The second-order valence-corrected chi connectivity index (χ2v) is 16.3. The summed E-state index contributed by atoms with van der Waals surface area (Å²) in [4.78, 5) is 42.6. The van der Waals surface area contributed by atoms with Crippen molar-refractivity contribution in [2.45, 2.75) is 143 Å². The number of carbonyl (C=O) groups is 3. The normalized spacial score (nSPS) is 15.5. The van der Waals surface area contributed by atoms with Gasteiger partial charge in [-0.25, -0.2) is 9.59 Å². The number of esters is 1. The van der Waals surface area contributed by atoms with Crippen LogP contribution < -0.4 is 5.32 Å². The molecule has 3 rings (SSSR count). The lowest BCUT2D eigenvalue weighted by molar-refractivity contribution is -0.142. The molecule has 3 atom stereocenters. The third-order valence-corrected chi connectivity index (χ3v) is 10.5. The summed E-state index contributed by atoms with van der Waals surface area (Å²) >= 11 is 1.62. The Balaban J connectivity index is 2.06. The molecule has 1 aliphatic carbocycles. The Kier molecular flexibility index (Phi) is 17.2. The van der Waals surface area contributed by atoms with Gasteiger partial charge in [-0.1, -0.05) is 102 Å². The largest absolute Gasteiger partial charge is 0.467 e. The van der Waals surface area contributed by atoms with Crippen molar-refractivity contribution in [1.29, 1.82) is 0 Å². The minimum Gasteiger partial charge on any atom is -0.467 e. The number of hydrogen-bond donors (Lipinski definition) is 1. The topological polar surface area (TPSA) is 84.9 Å². The Morgan fingerprint density at radius 2 is 1.72 bits per heavy atom. The van der Waals surface area contributed by atoms with Crippen LogP contribution in [0, 0.1) is 18.8 Å². The number of carbonyl (C=O) groups excluding carboxylic acids is 3. The van der Waals surface area contributed by atoms with Crippen molar-refractivity contribution in [1.82, 2.24) is 10.2 Å². The van der Waals surface area contributed by atoms with E-state index >= 15 is 0 Å². The van der Waals surface area contributed by atoms with E-state index in [1.54, 1.807) is 11.8 Å². The van der Waals surface area contributed by atoms with E-state index in [0.29, 0.717) is 36.1 Å². The van der Waals surface area contributed by atoms with Crippen LogP contribution >= 0.6 is 11.8 Å². The zero-order valence-electron chi connectivity index (χ0n) is 32.1. The quantitative estimate of drug-likeness (QED) is 0.123. The second kappa shape index (κ2) is 20.8. The molecule has 2 aromatic carbocycles. The molecule has 0 spiro atoms. The minimum atomic E-state index is -0.744. The van der Waals surface area contributed by atoms with Crippen LogP contribution in [-0.4, -0.2) is 59.7 Å². The van der Waals surface area contributed by atoms with Gasteiger partial charge in [0.25, 0.3) is 5.91 Å². The van der Waals surface area contributed by atoms with Crippen molar-refractivity contribution < 1.29 is 23.9 Å². The molecule has 0 saturated heterocycles. The van der Waals surface area contributed by atoms with Crippen LogP contribution in [0.25, 0.3) is 11.1 Å². The number of benzene rings is 2. The maximum Gasteiger partial charge on any atom is 0.410 e. The third kappa shape index (κ3) is 13.3. The first-order valence-electron chi connectivity index (χ1n) is 18.9. The van der Waals surface area contributed by atoms with Crippen LogP contribution in [0.2, 0.25) is 0 Å². The van der Waals surface area contributed by atoms with Gasteiger partial charge in [-0.05, 0) is 105 Å². The van der Waals surface area contributed by atoms with Gasteiger partial charge in [0, 0.05) is 18.2 Å². The average molecular weight is 709 g/mol. The Morgan fingerprint density at radius 1 is 1.00 bits per heavy atom. The molecule has 0 aliphatic heterocycles. The number of ether oxygens (including phenoxy) is 2. The number of nitrogens with zero attached hydrogens (tertiary/aromatic N) is 1. The lowest BCUT2D eigenvalue weighted by Crippen LogP contribution is -2.44. The van der Waals surface area contributed by atoms with E-state index in [2.05, 4.69) is 19.2 Å². The highest BCUT2D eigenvalue weighted by molar-refractivity contribution is 7.98. The van der Waals surface area contributed by atoms with E-state index in [1.165, 1.54) is 58.5 Å². The Morgan fingerprint density at radius 3 is 2.36 bits per heavy atom. The molecule has 1 fully saturated rings. The maximum atomic E-state index is 14.2. The summed E-state index contributed by atoms with van der Waals surface area (Å²) in [6, 6.07) is 13.2. The molecule has 1 N–H and O–H groups in total. The molecule has 8 heteroatoms. The highest BCUT2D eigenvalue weighted by Gasteiger charge is 2.32. The van der Waals surface area contributed by atoms with Crippen molar-refractivity contribution >= 4 is 29.7 Å². The van der Waals surface area contributed by atoms with E-state index in [0.717, 1.165) is 41.5 Å². The molecule has 0 aromatic heterocycles. The molecular weight excluding hydrogens is 645 g/mol. The van der Waals surface area contributed by atoms with Crippen molar-refractivity contribution in [3.63, 3.8) is 0 Å². The van der Waals surface area contributed by atoms with E-state index in [9.17, 15) is 14.4 Å². The average Bonchev–Trinajstić information content (AvgIpc) is 3.08. The fourth-order valence-electron chi connectivity index (χ4n) is 7.19. The highest BCUT2D eigenvalue weighted by atomic mass is 32.2. The zero-order valence-corrected chi connectivity index (χ0v) is 33.0. The predicted octanol–water partition coefficient (Wildman–Crippen LogP) is 10.4. The first-order valence-corrected chi connectivity index (χ1v) is 20.3. The molecule has 278 valence electrons. The van der Waals surface area contributed by atoms with Gasteiger partial charge in [0.05, 0.1) is 7.11 Å². The molecule has 1 aliphatic rings. The summed E-state index contributed by atoms with van der Waals surface area (Å²) in [5.74, 6) is 1.02. The summed E-state index contributed by atoms with van der Waals surface area (Å²) in [7, 11) is 1.35. The molecule has 2 aromatic rings. The number of methoxy groups -OCH3 is 1. The molecule has 0 bridgehead atoms. The van der Waals surface area contributed by atoms with Crippen molar-refractivity contribution in [3.05, 3.63) is 59.2 Å². The SMILES string of the molecule is CCCCCC(C)CC(CC1CCCCC1)N(Cc1ccc(C(=O)NC(CCSC)C(=O)OC)c(-c2ccccc2C)c1)C(=O)OC(C)(C)C. The van der Waals surface area contributed by atoms with Crippen LogP contribution in [0.1, 0.15) is 133 Å². The molecule has 1 saturated carbocycles. The van der Waals surface area contributed by atoms with E-state index < -0.39 is 17.6 Å². The van der Waals surface area contributed by atoms with Crippen molar-refractivity contribution in [3.8, 4) is 11.1 Å². The molecule has 0 heterocycles. The summed E-state index contributed by atoms with van der Waals surface area (Å²) in [6.45, 7) is 12.8. The fraction of sp³-hybridized carbons (Fsp3) is 0.643. The van der Waals surface area contributed by atoms with Gasteiger partial charge >= 0.3 is 12.1 Å². The molecule has 2 amide bonds. The van der Waals surface area contributed by atoms with Crippen molar-refractivity contribution in [2.24, 2.45) is 11.8 Å². The van der Waals surface area contributed by atoms with Crippen LogP contribution in [-0.2, 0) is 20.8 Å². The lowest BCUT2D eigenvalue weighted by Gasteiger charge is -2.37. The summed E-state index contributed by atoms with van der Waals surface area (Å²) in [6.07, 6.45) is 15.1. The number of aryl methyl sites for hydroxylation is 1. The Bertz CT molecular complexity index is 1370. The van der Waals surface area contributed by atoms with Gasteiger partial charge in [0.1, 0.15) is 11.6 Å². The van der Waals surface area contributed by atoms with Crippen LogP contribution in [0.15, 0.2) is 42.5 Å². The number of unbranched alkanes of at least 4 members (excludes halogenated alkanes) is 2. The monoisotopic (exact) mass is 708 g/mol. The Labute approximate surface area is 307 Å². The third-order valence-electron chi connectivity index (χ3n) is 9.89. The van der Waals surface area contributed by atoms with Gasteiger partial charge < -0.3 is 19.7 Å². The fourth-order valence-corrected chi connectivity index (χ4v) is 7.66. The predicted molar refractivity (Wildman–Crippen MR) is 208 cm³/mol. The molecule has 50 heavy (non-hydrogen) atoms. The smallest absolute Gasteiger partial charge is 0.410 e. The maximum absolute atomic E-state index is 14.2. The summed E-state index contributed by atoms with van der Waals surface area (Å²) in [5, 5.41) is 2.95. The number of amides is 2. The first kappa shape index (κ1) is 41.4. The molecule has 3 unspecified atom stereocenters. The van der Waals surface area contributed by atoms with E-state index in [1.807, 2.05) is 81.3 Å². The van der Waals surface area contributed by atoms with Gasteiger partial charge in [-0.3, -0.25) is 4.79 Å². The van der Waals surface area contributed by atoms with Gasteiger partial charge in [0.2, 0.25) is 0 Å². The molecule has 7 nitrogen and oxygen atoms in total. The van der Waals surface area contributed by atoms with Gasteiger partial charge in [-0.2, -0.15) is 11.8 Å². The van der Waals surface area contributed by atoms with Crippen LogP contribution in [0.3, 0.4) is 0 Å². The molecular formula is C42H64N2O5S. The number of rotatable bonds is 18. The number of thioether (sulfide) groups is 1. The second-order valence-electron chi connectivity index (χ2n) is 15.4. The zero-order chi connectivity index (χ0) is 36.7. The van der Waals surface area contributed by atoms with Gasteiger partial charge in [0.15, 0.2) is 0 Å². The van der Waals surface area contributed by atoms with Crippen molar-refractivity contribution in [2.75, 3.05) is 19.1 Å². The lowest BCUT2D eigenvalue weighted by atomic mass is 9.82. The standard InChI is InChI=1S/C42H64N2O5S/c1-9-10-12-17-30(2)26-34(27-32-19-13-11-14-20-32)44(41(47)49-42(4,5)6)29-33-22-23-36(37(28-33)35-21-16-15-18-31(35)3)39(45)43-38(24-25-50-8)40(46)48-7/h15-16,18,21-23,28,30,32,34,38H,9-14,17,19-20,24-27,29H2,1-8H3,(H,43,45). The van der Waals surface area contributed by atoms with Crippen LogP contribution in [0.5, 0.6) is 0 Å². The summed E-state index contributed by atoms with van der Waals surface area (Å²) in [5.41, 5.74) is 3.53. The first-order chi connectivity index (χ1) is 23.9. The summed E-state index contributed by atoms with van der Waals surface area (Å²) < 4.78 is 11.1. The van der Waals surface area contributed by atoms with Crippen LogP contribution in [0.4, 0.5) is 4.79 Å². The number of hydrogen-bond acceptors (Lipinski definition) is 6.